The first-order chi connectivity index (χ1) is 9.06. The fourth-order valence-electron chi connectivity index (χ4n) is 1.96. The van der Waals surface area contributed by atoms with Gasteiger partial charge in [-0.2, -0.15) is 0 Å². The molecule has 0 saturated carbocycles. The Hall–Kier alpha value is -1.23. The number of imidazole rings is 1. The van der Waals surface area contributed by atoms with Crippen molar-refractivity contribution in [3.63, 3.8) is 0 Å². The van der Waals surface area contributed by atoms with Crippen LogP contribution in [-0.4, -0.2) is 9.55 Å². The molecule has 6 heteroatoms. The van der Waals surface area contributed by atoms with Crippen LogP contribution in [0.25, 0.3) is 16.7 Å². The van der Waals surface area contributed by atoms with Gasteiger partial charge in [0.2, 0.25) is 5.95 Å². The van der Waals surface area contributed by atoms with E-state index < -0.39 is 0 Å². The standard InChI is InChI=1S/C13H8BrCl2N3/c14-9-3-2-8(6-10(9)16)19-12-5-7(15)1-4-11(12)18-13(19)17/h1-6H,(H2,17,18). The fraction of sp³-hybridized carbons (Fsp3) is 0. The summed E-state index contributed by atoms with van der Waals surface area (Å²) in [6.07, 6.45) is 0. The van der Waals surface area contributed by atoms with Gasteiger partial charge in [-0.15, -0.1) is 0 Å². The van der Waals surface area contributed by atoms with Crippen LogP contribution in [0.1, 0.15) is 0 Å². The van der Waals surface area contributed by atoms with Crippen molar-refractivity contribution in [1.82, 2.24) is 9.55 Å². The van der Waals surface area contributed by atoms with Gasteiger partial charge < -0.3 is 5.73 Å². The highest BCUT2D eigenvalue weighted by molar-refractivity contribution is 9.10. The minimum Gasteiger partial charge on any atom is -0.369 e. The van der Waals surface area contributed by atoms with Gasteiger partial charge in [-0.25, -0.2) is 4.98 Å². The van der Waals surface area contributed by atoms with Crippen LogP contribution in [-0.2, 0) is 0 Å². The van der Waals surface area contributed by atoms with Crippen molar-refractivity contribution in [2.45, 2.75) is 0 Å². The summed E-state index contributed by atoms with van der Waals surface area (Å²) in [6.45, 7) is 0. The van der Waals surface area contributed by atoms with Crippen LogP contribution in [0.2, 0.25) is 10.0 Å². The van der Waals surface area contributed by atoms with E-state index in [1.54, 1.807) is 6.07 Å². The van der Waals surface area contributed by atoms with Crippen LogP contribution in [0.15, 0.2) is 40.9 Å². The van der Waals surface area contributed by atoms with Gasteiger partial charge in [0, 0.05) is 9.50 Å². The highest BCUT2D eigenvalue weighted by Crippen LogP contribution is 2.29. The molecule has 0 bridgehead atoms. The Morgan fingerprint density at radius 2 is 1.89 bits per heavy atom. The maximum absolute atomic E-state index is 6.12. The van der Waals surface area contributed by atoms with Gasteiger partial charge in [0.05, 0.1) is 21.7 Å². The molecule has 0 spiro atoms. The van der Waals surface area contributed by atoms with E-state index >= 15 is 0 Å². The smallest absolute Gasteiger partial charge is 0.205 e. The second-order valence-corrected chi connectivity index (χ2v) is 5.73. The summed E-state index contributed by atoms with van der Waals surface area (Å²) >= 11 is 15.5. The normalized spacial score (nSPS) is 11.1. The van der Waals surface area contributed by atoms with Crippen molar-refractivity contribution in [2.24, 2.45) is 0 Å². The summed E-state index contributed by atoms with van der Waals surface area (Å²) in [5.74, 6) is 0.399. The van der Waals surface area contributed by atoms with Gasteiger partial charge in [0.15, 0.2) is 0 Å². The maximum atomic E-state index is 6.12. The molecule has 0 amide bonds. The Morgan fingerprint density at radius 1 is 1.11 bits per heavy atom. The lowest BCUT2D eigenvalue weighted by atomic mass is 10.3. The van der Waals surface area contributed by atoms with Gasteiger partial charge in [-0.1, -0.05) is 23.2 Å². The monoisotopic (exact) mass is 355 g/mol. The van der Waals surface area contributed by atoms with Gasteiger partial charge in [0.25, 0.3) is 0 Å². The third-order valence-corrected chi connectivity index (χ3v) is 4.27. The van der Waals surface area contributed by atoms with Crippen LogP contribution in [0.5, 0.6) is 0 Å². The van der Waals surface area contributed by atoms with Crippen LogP contribution >= 0.6 is 39.1 Å². The predicted molar refractivity (Wildman–Crippen MR) is 83.2 cm³/mol. The molecule has 0 saturated heterocycles. The molecule has 2 N–H and O–H groups in total. The number of halogens is 3. The summed E-state index contributed by atoms with van der Waals surface area (Å²) in [4.78, 5) is 4.31. The Morgan fingerprint density at radius 3 is 2.63 bits per heavy atom. The average Bonchev–Trinajstić information content (AvgIpc) is 2.68. The van der Waals surface area contributed by atoms with E-state index in [9.17, 15) is 0 Å². The van der Waals surface area contributed by atoms with Crippen LogP contribution in [0, 0.1) is 0 Å². The average molecular weight is 357 g/mol. The third-order valence-electron chi connectivity index (χ3n) is 2.80. The zero-order valence-electron chi connectivity index (χ0n) is 9.57. The molecular formula is C13H8BrCl2N3. The minimum absolute atomic E-state index is 0.399. The molecular weight excluding hydrogens is 349 g/mol. The first kappa shape index (κ1) is 12.8. The Balaban J connectivity index is 2.31. The number of rotatable bonds is 1. The predicted octanol–water partition coefficient (Wildman–Crippen LogP) is 4.68. The van der Waals surface area contributed by atoms with Crippen LogP contribution in [0.3, 0.4) is 0 Å². The summed E-state index contributed by atoms with van der Waals surface area (Å²) < 4.78 is 2.65. The maximum Gasteiger partial charge on any atom is 0.205 e. The van der Waals surface area contributed by atoms with Crippen molar-refractivity contribution >= 4 is 56.1 Å². The molecule has 3 rings (SSSR count). The summed E-state index contributed by atoms with van der Waals surface area (Å²) in [7, 11) is 0. The lowest BCUT2D eigenvalue weighted by molar-refractivity contribution is 1.11. The number of nitrogen functional groups attached to an aromatic ring is 1. The number of aromatic nitrogens is 2. The Bertz CT molecular complexity index is 783. The number of nitrogens with two attached hydrogens (primary N) is 1. The second kappa shape index (κ2) is 4.71. The summed E-state index contributed by atoms with van der Waals surface area (Å²) in [6, 6.07) is 11.1. The van der Waals surface area contributed by atoms with Crippen molar-refractivity contribution in [3.8, 4) is 5.69 Å². The molecule has 3 aromatic rings. The second-order valence-electron chi connectivity index (χ2n) is 4.04. The molecule has 0 aliphatic heterocycles. The van der Waals surface area contributed by atoms with E-state index in [4.69, 9.17) is 28.9 Å². The molecule has 0 radical (unpaired) electrons. The third kappa shape index (κ3) is 2.20. The number of hydrogen-bond acceptors (Lipinski definition) is 2. The highest BCUT2D eigenvalue weighted by atomic mass is 79.9. The van der Waals surface area contributed by atoms with E-state index in [0.717, 1.165) is 21.2 Å². The molecule has 3 nitrogen and oxygen atoms in total. The highest BCUT2D eigenvalue weighted by Gasteiger charge is 2.11. The SMILES string of the molecule is Nc1nc2ccc(Cl)cc2n1-c1ccc(Br)c(Cl)c1. The van der Waals surface area contributed by atoms with Crippen molar-refractivity contribution < 1.29 is 0 Å². The zero-order chi connectivity index (χ0) is 13.6. The molecule has 0 fully saturated rings. The van der Waals surface area contributed by atoms with Crippen LogP contribution in [0.4, 0.5) is 5.95 Å². The first-order valence-corrected chi connectivity index (χ1v) is 7.00. The quantitative estimate of drug-likeness (QED) is 0.688. The molecule has 0 unspecified atom stereocenters. The van der Waals surface area contributed by atoms with Gasteiger partial charge >= 0.3 is 0 Å². The molecule has 0 atom stereocenters. The van der Waals surface area contributed by atoms with E-state index in [2.05, 4.69) is 20.9 Å². The minimum atomic E-state index is 0.399. The molecule has 0 aliphatic carbocycles. The van der Waals surface area contributed by atoms with Crippen LogP contribution < -0.4 is 5.73 Å². The van der Waals surface area contributed by atoms with Gasteiger partial charge in [-0.05, 0) is 52.3 Å². The molecule has 19 heavy (non-hydrogen) atoms. The topological polar surface area (TPSA) is 43.8 Å². The zero-order valence-corrected chi connectivity index (χ0v) is 12.7. The van der Waals surface area contributed by atoms with E-state index in [-0.39, 0.29) is 0 Å². The van der Waals surface area contributed by atoms with Crippen molar-refractivity contribution in [1.29, 1.82) is 0 Å². The Kier molecular flexibility index (Phi) is 3.17. The fourth-order valence-corrected chi connectivity index (χ4v) is 2.55. The van der Waals surface area contributed by atoms with Gasteiger partial charge in [0.1, 0.15) is 0 Å². The number of fused-ring (bicyclic) bond motifs is 1. The number of anilines is 1. The number of hydrogen-bond donors (Lipinski definition) is 1. The molecule has 1 aromatic heterocycles. The molecule has 1 heterocycles. The van der Waals surface area contributed by atoms with E-state index in [1.807, 2.05) is 34.9 Å². The molecule has 2 aromatic carbocycles. The van der Waals surface area contributed by atoms with Crippen molar-refractivity contribution in [2.75, 3.05) is 5.73 Å². The summed E-state index contributed by atoms with van der Waals surface area (Å²) in [5, 5.41) is 1.25. The van der Waals surface area contributed by atoms with E-state index in [0.29, 0.717) is 16.0 Å². The van der Waals surface area contributed by atoms with E-state index in [1.165, 1.54) is 0 Å². The Labute approximate surface area is 128 Å². The van der Waals surface area contributed by atoms with Crippen molar-refractivity contribution in [3.05, 3.63) is 50.9 Å². The number of nitrogens with zero attached hydrogens (tertiary/aromatic N) is 2. The lowest BCUT2D eigenvalue weighted by Crippen LogP contribution is -2.00. The molecule has 0 aliphatic rings. The first-order valence-electron chi connectivity index (χ1n) is 5.45. The lowest BCUT2D eigenvalue weighted by Gasteiger charge is -2.08. The van der Waals surface area contributed by atoms with Gasteiger partial charge in [-0.3, -0.25) is 4.57 Å². The largest absolute Gasteiger partial charge is 0.369 e. The number of benzene rings is 2. The molecule has 96 valence electrons. The summed E-state index contributed by atoms with van der Waals surface area (Å²) in [5.41, 5.74) is 8.46.